The topological polar surface area (TPSA) is 72.5 Å². The Hall–Kier alpha value is -1.55. The molecule has 0 aliphatic rings. The Bertz CT molecular complexity index is 401. The van der Waals surface area contributed by atoms with Crippen LogP contribution in [0.4, 0.5) is 0 Å². The fourth-order valence-corrected chi connectivity index (χ4v) is 1.66. The van der Waals surface area contributed by atoms with Gasteiger partial charge >= 0.3 is 5.97 Å². The Morgan fingerprint density at radius 3 is 2.71 bits per heavy atom. The number of carboxylic acid groups (broad SMARTS) is 1. The summed E-state index contributed by atoms with van der Waals surface area (Å²) < 4.78 is 5.76. The van der Waals surface area contributed by atoms with Crippen molar-refractivity contribution < 1.29 is 14.6 Å². The molecule has 0 saturated carbocycles. The molecule has 0 heterocycles. The summed E-state index contributed by atoms with van der Waals surface area (Å²) in [4.78, 5) is 10.7. The van der Waals surface area contributed by atoms with E-state index >= 15 is 0 Å². The third-order valence-electron chi connectivity index (χ3n) is 2.41. The molecule has 3 N–H and O–H groups in total. The van der Waals surface area contributed by atoms with Gasteiger partial charge in [-0.2, -0.15) is 0 Å². The van der Waals surface area contributed by atoms with Crippen molar-refractivity contribution in [3.05, 3.63) is 29.8 Å². The summed E-state index contributed by atoms with van der Waals surface area (Å²) in [7, 11) is 0. The summed E-state index contributed by atoms with van der Waals surface area (Å²) in [6.07, 6.45) is 0.260. The molecule has 94 valence electrons. The average Bonchev–Trinajstić information content (AvgIpc) is 2.15. The minimum Gasteiger partial charge on any atom is -0.488 e. The van der Waals surface area contributed by atoms with Gasteiger partial charge in [-0.3, -0.25) is 4.79 Å². The van der Waals surface area contributed by atoms with Gasteiger partial charge < -0.3 is 15.6 Å². The van der Waals surface area contributed by atoms with Crippen molar-refractivity contribution >= 4 is 5.97 Å². The maximum atomic E-state index is 10.7. The van der Waals surface area contributed by atoms with E-state index < -0.39 is 17.6 Å². The standard InChI is InChI=1S/C13H19NO3/c1-9-5-4-6-10(7-9)17-13(2,3)8-11(14)12(15)16/h4-7,11H,8,14H2,1-3H3,(H,15,16). The smallest absolute Gasteiger partial charge is 0.320 e. The van der Waals surface area contributed by atoms with Crippen LogP contribution in [0.5, 0.6) is 5.75 Å². The zero-order chi connectivity index (χ0) is 13.1. The molecule has 1 aromatic rings. The fourth-order valence-electron chi connectivity index (χ4n) is 1.66. The van der Waals surface area contributed by atoms with E-state index in [1.54, 1.807) is 0 Å². The largest absolute Gasteiger partial charge is 0.488 e. The van der Waals surface area contributed by atoms with Crippen LogP contribution in [-0.2, 0) is 4.79 Å². The number of ether oxygens (including phenoxy) is 1. The Morgan fingerprint density at radius 2 is 2.18 bits per heavy atom. The zero-order valence-electron chi connectivity index (χ0n) is 10.4. The minimum absolute atomic E-state index is 0.260. The van der Waals surface area contributed by atoms with Crippen LogP contribution in [-0.4, -0.2) is 22.7 Å². The van der Waals surface area contributed by atoms with Crippen molar-refractivity contribution in [3.63, 3.8) is 0 Å². The number of rotatable bonds is 5. The third kappa shape index (κ3) is 4.44. The van der Waals surface area contributed by atoms with Crippen LogP contribution in [0.15, 0.2) is 24.3 Å². The summed E-state index contributed by atoms with van der Waals surface area (Å²) in [5.74, 6) is -0.279. The van der Waals surface area contributed by atoms with Gasteiger partial charge in [-0.1, -0.05) is 12.1 Å². The normalized spacial score (nSPS) is 13.2. The molecule has 0 amide bonds. The van der Waals surface area contributed by atoms with E-state index in [9.17, 15) is 4.79 Å². The molecule has 0 saturated heterocycles. The van der Waals surface area contributed by atoms with Gasteiger partial charge in [-0.05, 0) is 38.5 Å². The molecule has 0 radical (unpaired) electrons. The van der Waals surface area contributed by atoms with Gasteiger partial charge in [0.2, 0.25) is 0 Å². The van der Waals surface area contributed by atoms with Crippen molar-refractivity contribution in [1.82, 2.24) is 0 Å². The Balaban J connectivity index is 2.69. The second kappa shape index (κ2) is 5.19. The summed E-state index contributed by atoms with van der Waals surface area (Å²) in [5.41, 5.74) is 6.00. The van der Waals surface area contributed by atoms with Gasteiger partial charge in [0, 0.05) is 6.42 Å². The Labute approximate surface area is 101 Å². The highest BCUT2D eigenvalue weighted by Crippen LogP contribution is 2.22. The van der Waals surface area contributed by atoms with Crippen LogP contribution in [0.25, 0.3) is 0 Å². The van der Waals surface area contributed by atoms with Gasteiger partial charge in [0.05, 0.1) is 0 Å². The van der Waals surface area contributed by atoms with Crippen LogP contribution in [0.2, 0.25) is 0 Å². The predicted molar refractivity (Wildman–Crippen MR) is 66.1 cm³/mol. The highest BCUT2D eigenvalue weighted by molar-refractivity contribution is 5.73. The molecule has 0 bridgehead atoms. The van der Waals surface area contributed by atoms with Crippen LogP contribution >= 0.6 is 0 Å². The number of carbonyl (C=O) groups is 1. The second-order valence-corrected chi connectivity index (χ2v) is 4.83. The van der Waals surface area contributed by atoms with E-state index in [1.807, 2.05) is 45.0 Å². The number of nitrogens with two attached hydrogens (primary N) is 1. The highest BCUT2D eigenvalue weighted by atomic mass is 16.5. The Morgan fingerprint density at radius 1 is 1.53 bits per heavy atom. The first-order valence-electron chi connectivity index (χ1n) is 5.54. The van der Waals surface area contributed by atoms with Crippen LogP contribution < -0.4 is 10.5 Å². The van der Waals surface area contributed by atoms with Gasteiger partial charge in [0.15, 0.2) is 0 Å². The van der Waals surface area contributed by atoms with Crippen molar-refractivity contribution in [1.29, 1.82) is 0 Å². The summed E-state index contributed by atoms with van der Waals surface area (Å²) in [6, 6.07) is 6.73. The van der Waals surface area contributed by atoms with Crippen LogP contribution in [0.1, 0.15) is 25.8 Å². The lowest BCUT2D eigenvalue weighted by Crippen LogP contribution is -2.41. The molecule has 0 spiro atoms. The van der Waals surface area contributed by atoms with Crippen LogP contribution in [0, 0.1) is 6.92 Å². The molecule has 0 fully saturated rings. The lowest BCUT2D eigenvalue weighted by Gasteiger charge is -2.28. The molecule has 1 rings (SSSR count). The quantitative estimate of drug-likeness (QED) is 0.821. The summed E-state index contributed by atoms with van der Waals surface area (Å²) in [6.45, 7) is 5.64. The van der Waals surface area contributed by atoms with Crippen LogP contribution in [0.3, 0.4) is 0 Å². The van der Waals surface area contributed by atoms with E-state index in [-0.39, 0.29) is 6.42 Å². The molecular weight excluding hydrogens is 218 g/mol. The van der Waals surface area contributed by atoms with E-state index in [2.05, 4.69) is 0 Å². The molecule has 1 unspecified atom stereocenters. The van der Waals surface area contributed by atoms with E-state index in [0.717, 1.165) is 11.3 Å². The third-order valence-corrected chi connectivity index (χ3v) is 2.41. The molecule has 0 aliphatic carbocycles. The van der Waals surface area contributed by atoms with E-state index in [4.69, 9.17) is 15.6 Å². The Kier molecular flexibility index (Phi) is 4.12. The highest BCUT2D eigenvalue weighted by Gasteiger charge is 2.26. The molecule has 0 aromatic heterocycles. The van der Waals surface area contributed by atoms with Crippen molar-refractivity contribution in [2.45, 2.75) is 38.8 Å². The molecule has 4 heteroatoms. The van der Waals surface area contributed by atoms with E-state index in [0.29, 0.717) is 0 Å². The summed E-state index contributed by atoms with van der Waals surface area (Å²) >= 11 is 0. The van der Waals surface area contributed by atoms with Gasteiger partial charge in [0.25, 0.3) is 0 Å². The van der Waals surface area contributed by atoms with Crippen molar-refractivity contribution in [2.24, 2.45) is 5.73 Å². The maximum Gasteiger partial charge on any atom is 0.320 e. The molecule has 1 aromatic carbocycles. The molecule has 1 atom stereocenters. The van der Waals surface area contributed by atoms with E-state index in [1.165, 1.54) is 0 Å². The molecule has 4 nitrogen and oxygen atoms in total. The first kappa shape index (κ1) is 13.5. The number of hydrogen-bond donors (Lipinski definition) is 2. The number of benzene rings is 1. The zero-order valence-corrected chi connectivity index (χ0v) is 10.4. The molecule has 0 aliphatic heterocycles. The first-order valence-corrected chi connectivity index (χ1v) is 5.54. The lowest BCUT2D eigenvalue weighted by molar-refractivity contribution is -0.139. The maximum absolute atomic E-state index is 10.7. The number of hydrogen-bond acceptors (Lipinski definition) is 3. The monoisotopic (exact) mass is 237 g/mol. The average molecular weight is 237 g/mol. The number of aliphatic carboxylic acids is 1. The van der Waals surface area contributed by atoms with Gasteiger partial charge in [0.1, 0.15) is 17.4 Å². The molecular formula is C13H19NO3. The summed E-state index contributed by atoms with van der Waals surface area (Å²) in [5, 5.41) is 8.77. The first-order chi connectivity index (χ1) is 7.80. The van der Waals surface area contributed by atoms with Gasteiger partial charge in [-0.15, -0.1) is 0 Å². The fraction of sp³-hybridized carbons (Fsp3) is 0.462. The molecule has 17 heavy (non-hydrogen) atoms. The van der Waals surface area contributed by atoms with Crippen molar-refractivity contribution in [2.75, 3.05) is 0 Å². The van der Waals surface area contributed by atoms with Gasteiger partial charge in [-0.25, -0.2) is 0 Å². The predicted octanol–water partition coefficient (Wildman–Crippen LogP) is 1.95. The number of aryl methyl sites for hydroxylation is 1. The minimum atomic E-state index is -1.01. The second-order valence-electron chi connectivity index (χ2n) is 4.83. The SMILES string of the molecule is Cc1cccc(OC(C)(C)CC(N)C(=O)O)c1. The lowest BCUT2D eigenvalue weighted by atomic mass is 9.99. The number of carboxylic acids is 1. The van der Waals surface area contributed by atoms with Crippen molar-refractivity contribution in [3.8, 4) is 5.75 Å².